The van der Waals surface area contributed by atoms with Crippen molar-refractivity contribution in [2.75, 3.05) is 13.1 Å². The SMILES string of the molecule is CCN(CC(C)C)C(=O)c1cc(S(N)(=O)=O)c(Br)cc1Cl. The maximum Gasteiger partial charge on any atom is 0.255 e. The van der Waals surface area contributed by atoms with Gasteiger partial charge in [-0.3, -0.25) is 4.79 Å². The molecule has 1 rings (SSSR count). The van der Waals surface area contributed by atoms with E-state index < -0.39 is 10.0 Å². The van der Waals surface area contributed by atoms with Crippen molar-refractivity contribution in [3.63, 3.8) is 0 Å². The van der Waals surface area contributed by atoms with Crippen molar-refractivity contribution < 1.29 is 13.2 Å². The van der Waals surface area contributed by atoms with Gasteiger partial charge in [-0.15, -0.1) is 0 Å². The number of carbonyl (C=O) groups excluding carboxylic acids is 1. The lowest BCUT2D eigenvalue weighted by molar-refractivity contribution is 0.0745. The van der Waals surface area contributed by atoms with E-state index in [0.29, 0.717) is 19.0 Å². The van der Waals surface area contributed by atoms with Crippen molar-refractivity contribution in [1.29, 1.82) is 0 Å². The molecule has 0 bridgehead atoms. The summed E-state index contributed by atoms with van der Waals surface area (Å²) in [5.41, 5.74) is 0.131. The second kappa shape index (κ2) is 7.09. The summed E-state index contributed by atoms with van der Waals surface area (Å²) in [6.45, 7) is 6.91. The summed E-state index contributed by atoms with van der Waals surface area (Å²) in [6, 6.07) is 2.59. The van der Waals surface area contributed by atoms with E-state index in [9.17, 15) is 13.2 Å². The number of primary sulfonamides is 1. The van der Waals surface area contributed by atoms with Crippen LogP contribution in [0.2, 0.25) is 5.02 Å². The molecule has 0 fully saturated rings. The van der Waals surface area contributed by atoms with Gasteiger partial charge < -0.3 is 4.90 Å². The first-order valence-corrected chi connectivity index (χ1v) is 9.10. The monoisotopic (exact) mass is 396 g/mol. The van der Waals surface area contributed by atoms with E-state index in [-0.39, 0.29) is 25.9 Å². The van der Waals surface area contributed by atoms with Gasteiger partial charge in [0.2, 0.25) is 10.0 Å². The number of hydrogen-bond acceptors (Lipinski definition) is 3. The van der Waals surface area contributed by atoms with Crippen molar-refractivity contribution >= 4 is 43.5 Å². The molecule has 1 aromatic rings. The minimum atomic E-state index is -3.94. The van der Waals surface area contributed by atoms with Crippen molar-refractivity contribution in [2.45, 2.75) is 25.7 Å². The van der Waals surface area contributed by atoms with Crippen molar-refractivity contribution in [3.8, 4) is 0 Å². The molecular weight excluding hydrogens is 380 g/mol. The Bertz CT molecular complexity index is 647. The second-order valence-electron chi connectivity index (χ2n) is 5.05. The minimum absolute atomic E-state index is 0.131. The molecule has 0 radical (unpaired) electrons. The fraction of sp³-hybridized carbons (Fsp3) is 0.462. The maximum atomic E-state index is 12.5. The molecule has 8 heteroatoms. The standard InChI is InChI=1S/C13H18BrClN2O3S/c1-4-17(7-8(2)3)13(18)9-5-12(21(16,19)20)10(14)6-11(9)15/h5-6,8H,4,7H2,1-3H3,(H2,16,19,20). The van der Waals surface area contributed by atoms with Gasteiger partial charge in [-0.2, -0.15) is 0 Å². The second-order valence-corrected chi connectivity index (χ2v) is 7.84. The van der Waals surface area contributed by atoms with Crippen LogP contribution < -0.4 is 5.14 Å². The predicted molar refractivity (Wildman–Crippen MR) is 86.9 cm³/mol. The molecule has 1 amide bonds. The lowest BCUT2D eigenvalue weighted by atomic mass is 10.1. The molecule has 0 aliphatic carbocycles. The summed E-state index contributed by atoms with van der Waals surface area (Å²) in [6.07, 6.45) is 0. The first-order valence-electron chi connectivity index (χ1n) is 6.39. The third-order valence-electron chi connectivity index (χ3n) is 2.81. The number of hydrogen-bond donors (Lipinski definition) is 1. The van der Waals surface area contributed by atoms with Gasteiger partial charge in [-0.05, 0) is 40.9 Å². The van der Waals surface area contributed by atoms with Crippen LogP contribution >= 0.6 is 27.5 Å². The topological polar surface area (TPSA) is 80.5 Å². The summed E-state index contributed by atoms with van der Waals surface area (Å²) in [5.74, 6) is -0.0190. The third-order valence-corrected chi connectivity index (χ3v) is 5.00. The molecule has 21 heavy (non-hydrogen) atoms. The quantitative estimate of drug-likeness (QED) is 0.829. The Labute approximate surface area is 138 Å². The van der Waals surface area contributed by atoms with Crippen LogP contribution in [0.25, 0.3) is 0 Å². The van der Waals surface area contributed by atoms with E-state index in [1.165, 1.54) is 12.1 Å². The molecule has 0 saturated carbocycles. The Balaban J connectivity index is 3.33. The summed E-state index contributed by atoms with van der Waals surface area (Å²) >= 11 is 9.16. The summed E-state index contributed by atoms with van der Waals surface area (Å²) in [5, 5.41) is 5.32. The van der Waals surface area contributed by atoms with Crippen LogP contribution in [0.1, 0.15) is 31.1 Å². The average molecular weight is 398 g/mol. The number of nitrogens with zero attached hydrogens (tertiary/aromatic N) is 1. The molecular formula is C13H18BrClN2O3S. The molecule has 5 nitrogen and oxygen atoms in total. The first-order chi connectivity index (χ1) is 9.57. The number of nitrogens with two attached hydrogens (primary N) is 1. The normalized spacial score (nSPS) is 11.8. The molecule has 0 unspecified atom stereocenters. The zero-order valence-corrected chi connectivity index (χ0v) is 15.2. The zero-order valence-electron chi connectivity index (χ0n) is 12.1. The van der Waals surface area contributed by atoms with Crippen LogP contribution in [0.5, 0.6) is 0 Å². The number of halogens is 2. The smallest absolute Gasteiger partial charge is 0.255 e. The van der Waals surface area contributed by atoms with Gasteiger partial charge in [-0.1, -0.05) is 25.4 Å². The number of carbonyl (C=O) groups is 1. The van der Waals surface area contributed by atoms with E-state index >= 15 is 0 Å². The van der Waals surface area contributed by atoms with Crippen LogP contribution in [-0.4, -0.2) is 32.3 Å². The molecule has 0 saturated heterocycles. The lowest BCUT2D eigenvalue weighted by Crippen LogP contribution is -2.34. The number of amides is 1. The van der Waals surface area contributed by atoms with Gasteiger partial charge in [0.05, 0.1) is 15.5 Å². The van der Waals surface area contributed by atoms with Crippen molar-refractivity contribution in [2.24, 2.45) is 11.1 Å². The van der Waals surface area contributed by atoms with Crippen LogP contribution in [0.4, 0.5) is 0 Å². The van der Waals surface area contributed by atoms with Crippen LogP contribution in [0.3, 0.4) is 0 Å². The molecule has 0 aliphatic heterocycles. The zero-order chi connectivity index (χ0) is 16.4. The third kappa shape index (κ3) is 4.67. The lowest BCUT2D eigenvalue weighted by Gasteiger charge is -2.23. The van der Waals surface area contributed by atoms with Crippen molar-refractivity contribution in [3.05, 3.63) is 27.2 Å². The number of benzene rings is 1. The fourth-order valence-electron chi connectivity index (χ4n) is 1.88. The largest absolute Gasteiger partial charge is 0.339 e. The molecule has 0 aliphatic rings. The first kappa shape index (κ1) is 18.4. The Kier molecular flexibility index (Phi) is 6.22. The van der Waals surface area contributed by atoms with E-state index in [1.54, 1.807) is 4.90 Å². The molecule has 0 atom stereocenters. The van der Waals surface area contributed by atoms with Gasteiger partial charge in [-0.25, -0.2) is 13.6 Å². The van der Waals surface area contributed by atoms with Gasteiger partial charge in [0.1, 0.15) is 0 Å². The predicted octanol–water partition coefficient (Wildman–Crippen LogP) is 2.87. The summed E-state index contributed by atoms with van der Waals surface area (Å²) < 4.78 is 23.3. The van der Waals surface area contributed by atoms with E-state index in [4.69, 9.17) is 16.7 Å². The Morgan fingerprint density at radius 1 is 1.43 bits per heavy atom. The van der Waals surface area contributed by atoms with Crippen LogP contribution in [0, 0.1) is 5.92 Å². The van der Waals surface area contributed by atoms with Gasteiger partial charge in [0.25, 0.3) is 5.91 Å². The van der Waals surface area contributed by atoms with E-state index in [1.807, 2.05) is 20.8 Å². The van der Waals surface area contributed by atoms with Gasteiger partial charge >= 0.3 is 0 Å². The maximum absolute atomic E-state index is 12.5. The fourth-order valence-corrected chi connectivity index (χ4v) is 3.89. The van der Waals surface area contributed by atoms with E-state index in [2.05, 4.69) is 15.9 Å². The highest BCUT2D eigenvalue weighted by atomic mass is 79.9. The molecule has 0 aromatic heterocycles. The summed E-state index contributed by atoms with van der Waals surface area (Å²) in [7, 11) is -3.94. The molecule has 0 spiro atoms. The summed E-state index contributed by atoms with van der Waals surface area (Å²) in [4.78, 5) is 14.0. The average Bonchev–Trinajstić information content (AvgIpc) is 2.33. The molecule has 1 aromatic carbocycles. The minimum Gasteiger partial charge on any atom is -0.339 e. The van der Waals surface area contributed by atoms with E-state index in [0.717, 1.165) is 0 Å². The van der Waals surface area contributed by atoms with Crippen LogP contribution in [-0.2, 0) is 10.0 Å². The molecule has 2 N–H and O–H groups in total. The Morgan fingerprint density at radius 3 is 2.43 bits per heavy atom. The highest BCUT2D eigenvalue weighted by Gasteiger charge is 2.22. The van der Waals surface area contributed by atoms with Gasteiger partial charge in [0.15, 0.2) is 0 Å². The van der Waals surface area contributed by atoms with Gasteiger partial charge in [0, 0.05) is 17.6 Å². The van der Waals surface area contributed by atoms with Crippen LogP contribution in [0.15, 0.2) is 21.5 Å². The highest BCUT2D eigenvalue weighted by molar-refractivity contribution is 9.10. The Hall–Kier alpha value is -0.630. The Morgan fingerprint density at radius 2 is 2.00 bits per heavy atom. The number of rotatable bonds is 5. The molecule has 0 heterocycles. The molecule has 118 valence electrons. The number of sulfonamides is 1. The highest BCUT2D eigenvalue weighted by Crippen LogP contribution is 2.29. The van der Waals surface area contributed by atoms with Crippen molar-refractivity contribution in [1.82, 2.24) is 4.90 Å².